The zero-order valence-electron chi connectivity index (χ0n) is 12.1. The SMILES string of the molecule is O=C(Oc1cc(C(F)(F)F)ccc1C(=O)O)c1ccc([N+](=O)[O-])cc1. The van der Waals surface area contributed by atoms with Crippen LogP contribution in [0, 0.1) is 10.1 Å². The normalized spacial score (nSPS) is 11.0. The second-order valence-corrected chi connectivity index (χ2v) is 4.71. The number of esters is 1. The highest BCUT2D eigenvalue weighted by molar-refractivity contribution is 5.95. The third kappa shape index (κ3) is 4.10. The highest BCUT2D eigenvalue weighted by Gasteiger charge is 2.32. The molecule has 0 aliphatic rings. The lowest BCUT2D eigenvalue weighted by Crippen LogP contribution is -2.13. The Morgan fingerprint density at radius 3 is 2.16 bits per heavy atom. The van der Waals surface area contributed by atoms with E-state index in [1.165, 1.54) is 0 Å². The summed E-state index contributed by atoms with van der Waals surface area (Å²) < 4.78 is 42.9. The number of carbonyl (C=O) groups is 2. The average Bonchev–Trinajstić information content (AvgIpc) is 2.53. The van der Waals surface area contributed by atoms with E-state index >= 15 is 0 Å². The largest absolute Gasteiger partial charge is 0.478 e. The molecule has 2 rings (SSSR count). The van der Waals surface area contributed by atoms with E-state index in [2.05, 4.69) is 0 Å². The van der Waals surface area contributed by atoms with Crippen molar-refractivity contribution in [2.24, 2.45) is 0 Å². The summed E-state index contributed by atoms with van der Waals surface area (Å²) in [6.45, 7) is 0. The number of nitro benzene ring substituents is 1. The first-order chi connectivity index (χ1) is 11.6. The van der Waals surface area contributed by atoms with Crippen LogP contribution in [0.4, 0.5) is 18.9 Å². The number of carboxylic acids is 1. The van der Waals surface area contributed by atoms with Gasteiger partial charge in [-0.15, -0.1) is 0 Å². The zero-order valence-corrected chi connectivity index (χ0v) is 12.1. The van der Waals surface area contributed by atoms with Gasteiger partial charge in [0.15, 0.2) is 0 Å². The number of carbonyl (C=O) groups excluding carboxylic acids is 1. The van der Waals surface area contributed by atoms with Crippen molar-refractivity contribution >= 4 is 17.6 Å². The Balaban J connectivity index is 2.35. The van der Waals surface area contributed by atoms with Gasteiger partial charge in [-0.25, -0.2) is 9.59 Å². The Hall–Kier alpha value is -3.43. The molecule has 0 unspecified atom stereocenters. The molecule has 0 atom stereocenters. The Bertz CT molecular complexity index is 845. The summed E-state index contributed by atoms with van der Waals surface area (Å²) in [4.78, 5) is 32.9. The molecule has 0 aromatic heterocycles. The summed E-state index contributed by atoms with van der Waals surface area (Å²) >= 11 is 0. The minimum atomic E-state index is -4.76. The van der Waals surface area contributed by atoms with E-state index in [0.717, 1.165) is 24.3 Å². The summed E-state index contributed by atoms with van der Waals surface area (Å²) in [5.74, 6) is -3.53. The summed E-state index contributed by atoms with van der Waals surface area (Å²) in [5.41, 5.74) is -2.33. The number of non-ortho nitro benzene ring substituents is 1. The molecule has 0 fully saturated rings. The molecule has 0 aliphatic heterocycles. The van der Waals surface area contributed by atoms with Gasteiger partial charge in [-0.2, -0.15) is 13.2 Å². The number of halogens is 3. The molecular weight excluding hydrogens is 347 g/mol. The molecule has 0 spiro atoms. The summed E-state index contributed by atoms with van der Waals surface area (Å²) in [5, 5.41) is 19.5. The Labute approximate surface area is 137 Å². The number of nitro groups is 1. The van der Waals surface area contributed by atoms with E-state index in [9.17, 15) is 32.9 Å². The maximum atomic E-state index is 12.7. The summed E-state index contributed by atoms with van der Waals surface area (Å²) in [6, 6.07) is 5.69. The number of aromatic carboxylic acids is 1. The van der Waals surface area contributed by atoms with Crippen molar-refractivity contribution in [3.63, 3.8) is 0 Å². The van der Waals surface area contributed by atoms with E-state index in [-0.39, 0.29) is 11.3 Å². The molecule has 10 heteroatoms. The van der Waals surface area contributed by atoms with Crippen LogP contribution in [0.2, 0.25) is 0 Å². The molecule has 1 N–H and O–H groups in total. The number of nitrogens with zero attached hydrogens (tertiary/aromatic N) is 1. The van der Waals surface area contributed by atoms with Crippen LogP contribution in [0.1, 0.15) is 26.3 Å². The quantitative estimate of drug-likeness (QED) is 0.389. The fourth-order valence-corrected chi connectivity index (χ4v) is 1.84. The molecule has 2 aromatic carbocycles. The predicted molar refractivity (Wildman–Crippen MR) is 76.5 cm³/mol. The maximum Gasteiger partial charge on any atom is 0.416 e. The fourth-order valence-electron chi connectivity index (χ4n) is 1.84. The van der Waals surface area contributed by atoms with Crippen LogP contribution in [0.5, 0.6) is 5.75 Å². The van der Waals surface area contributed by atoms with Gasteiger partial charge in [0.1, 0.15) is 11.3 Å². The number of alkyl halides is 3. The van der Waals surface area contributed by atoms with Gasteiger partial charge in [-0.05, 0) is 30.3 Å². The number of benzene rings is 2. The zero-order chi connectivity index (χ0) is 18.8. The number of ether oxygens (including phenoxy) is 1. The lowest BCUT2D eigenvalue weighted by atomic mass is 10.1. The van der Waals surface area contributed by atoms with Gasteiger partial charge in [0.2, 0.25) is 0 Å². The molecule has 130 valence electrons. The lowest BCUT2D eigenvalue weighted by molar-refractivity contribution is -0.384. The van der Waals surface area contributed by atoms with Gasteiger partial charge in [0.05, 0.1) is 16.1 Å². The van der Waals surface area contributed by atoms with Crippen molar-refractivity contribution in [3.05, 3.63) is 69.3 Å². The van der Waals surface area contributed by atoms with Crippen molar-refractivity contribution in [1.82, 2.24) is 0 Å². The smallest absolute Gasteiger partial charge is 0.416 e. The molecule has 0 bridgehead atoms. The second kappa shape index (κ2) is 6.59. The molecule has 0 saturated carbocycles. The van der Waals surface area contributed by atoms with Crippen molar-refractivity contribution < 1.29 is 37.5 Å². The number of rotatable bonds is 4. The van der Waals surface area contributed by atoms with Crippen LogP contribution in [0.3, 0.4) is 0 Å². The van der Waals surface area contributed by atoms with Gasteiger partial charge < -0.3 is 9.84 Å². The molecule has 0 saturated heterocycles. The topological polar surface area (TPSA) is 107 Å². The Kier molecular flexibility index (Phi) is 4.72. The van der Waals surface area contributed by atoms with Crippen LogP contribution < -0.4 is 4.74 Å². The van der Waals surface area contributed by atoms with Crippen molar-refractivity contribution in [2.45, 2.75) is 6.18 Å². The van der Waals surface area contributed by atoms with E-state index in [1.807, 2.05) is 0 Å². The molecule has 25 heavy (non-hydrogen) atoms. The first-order valence-electron chi connectivity index (χ1n) is 6.51. The van der Waals surface area contributed by atoms with Crippen LogP contribution >= 0.6 is 0 Å². The second-order valence-electron chi connectivity index (χ2n) is 4.71. The highest BCUT2D eigenvalue weighted by Crippen LogP contribution is 2.33. The Morgan fingerprint density at radius 1 is 1.08 bits per heavy atom. The third-order valence-corrected chi connectivity index (χ3v) is 3.06. The van der Waals surface area contributed by atoms with E-state index < -0.39 is 39.9 Å². The van der Waals surface area contributed by atoms with Crippen LogP contribution in [0.15, 0.2) is 42.5 Å². The molecule has 0 aliphatic carbocycles. The first-order valence-corrected chi connectivity index (χ1v) is 6.51. The van der Waals surface area contributed by atoms with E-state index in [4.69, 9.17) is 9.84 Å². The number of hydrogen-bond donors (Lipinski definition) is 1. The molecule has 0 radical (unpaired) electrons. The molecule has 0 heterocycles. The number of hydrogen-bond acceptors (Lipinski definition) is 5. The monoisotopic (exact) mass is 355 g/mol. The molecule has 2 aromatic rings. The minimum Gasteiger partial charge on any atom is -0.478 e. The minimum absolute atomic E-state index is 0.195. The van der Waals surface area contributed by atoms with Crippen LogP contribution in [-0.2, 0) is 6.18 Å². The Morgan fingerprint density at radius 2 is 1.68 bits per heavy atom. The van der Waals surface area contributed by atoms with Crippen molar-refractivity contribution in [1.29, 1.82) is 0 Å². The van der Waals surface area contributed by atoms with Gasteiger partial charge in [0.25, 0.3) is 5.69 Å². The van der Waals surface area contributed by atoms with Gasteiger partial charge >= 0.3 is 18.1 Å². The molecular formula is C15H8F3NO6. The summed E-state index contributed by atoms with van der Waals surface area (Å²) in [6.07, 6.45) is -4.76. The summed E-state index contributed by atoms with van der Waals surface area (Å²) in [7, 11) is 0. The fraction of sp³-hybridized carbons (Fsp3) is 0.0667. The van der Waals surface area contributed by atoms with Crippen LogP contribution in [0.25, 0.3) is 0 Å². The van der Waals surface area contributed by atoms with Gasteiger partial charge in [-0.3, -0.25) is 10.1 Å². The van der Waals surface area contributed by atoms with E-state index in [1.54, 1.807) is 0 Å². The molecule has 0 amide bonds. The van der Waals surface area contributed by atoms with E-state index in [0.29, 0.717) is 18.2 Å². The van der Waals surface area contributed by atoms with Gasteiger partial charge in [-0.1, -0.05) is 0 Å². The standard InChI is InChI=1S/C15H8F3NO6/c16-15(17,18)9-3-6-11(13(20)21)12(7-9)25-14(22)8-1-4-10(5-2-8)19(23)24/h1-7H,(H,20,21). The highest BCUT2D eigenvalue weighted by atomic mass is 19.4. The lowest BCUT2D eigenvalue weighted by Gasteiger charge is -2.11. The van der Waals surface area contributed by atoms with Crippen molar-refractivity contribution in [2.75, 3.05) is 0 Å². The van der Waals surface area contributed by atoms with Crippen LogP contribution in [-0.4, -0.2) is 22.0 Å². The van der Waals surface area contributed by atoms with Crippen molar-refractivity contribution in [3.8, 4) is 5.75 Å². The number of carboxylic acid groups (broad SMARTS) is 1. The first kappa shape index (κ1) is 17.9. The van der Waals surface area contributed by atoms with Gasteiger partial charge in [0, 0.05) is 12.1 Å². The average molecular weight is 355 g/mol. The molecule has 7 nitrogen and oxygen atoms in total. The maximum absolute atomic E-state index is 12.7. The third-order valence-electron chi connectivity index (χ3n) is 3.06. The predicted octanol–water partition coefficient (Wildman–Crippen LogP) is 3.53.